The first-order valence-electron chi connectivity index (χ1n) is 6.06. The van der Waals surface area contributed by atoms with Gasteiger partial charge in [0.1, 0.15) is 4.88 Å². The van der Waals surface area contributed by atoms with Crippen LogP contribution < -0.4 is 11.1 Å². The molecule has 1 heterocycles. The van der Waals surface area contributed by atoms with Crippen molar-refractivity contribution in [2.45, 2.75) is 6.92 Å². The van der Waals surface area contributed by atoms with Crippen LogP contribution in [0.3, 0.4) is 0 Å². The fourth-order valence-corrected chi connectivity index (χ4v) is 2.98. The highest BCUT2D eigenvalue weighted by Gasteiger charge is 2.16. The third-order valence-electron chi connectivity index (χ3n) is 2.66. The molecule has 2 rings (SSSR count). The predicted molar refractivity (Wildman–Crippen MR) is 89.4 cm³/mol. The zero-order valence-corrected chi connectivity index (χ0v) is 13.5. The lowest BCUT2D eigenvalue weighted by atomic mass is 10.1. The van der Waals surface area contributed by atoms with Gasteiger partial charge in [-0.15, -0.1) is 11.3 Å². The average Bonchev–Trinajstić information content (AvgIpc) is 2.78. The van der Waals surface area contributed by atoms with Crippen LogP contribution in [0.5, 0.6) is 0 Å². The number of aryl methyl sites for hydroxylation is 1. The molecule has 0 fully saturated rings. The molecule has 0 saturated heterocycles. The number of halogens is 2. The molecule has 3 N–H and O–H groups in total. The van der Waals surface area contributed by atoms with Crippen LogP contribution >= 0.6 is 34.5 Å². The fraction of sp³-hybridized carbons (Fsp3) is 0.133. The van der Waals surface area contributed by atoms with Crippen LogP contribution in [0, 0.1) is 18.8 Å². The molecule has 0 spiro atoms. The molecule has 0 atom stereocenters. The molecular weight excluding hydrogens is 327 g/mol. The standard InChI is InChI=1S/C15H12Cl2N2OS/c1-9-8-21-14(13(9)17)15(20)19-12-7-11(16)5-4-10(12)3-2-6-18/h4-5,7-8H,6,18H2,1H3,(H,19,20). The number of thiophene rings is 1. The summed E-state index contributed by atoms with van der Waals surface area (Å²) in [6.45, 7) is 2.10. The Balaban J connectivity index is 2.32. The van der Waals surface area contributed by atoms with Gasteiger partial charge in [0.2, 0.25) is 0 Å². The van der Waals surface area contributed by atoms with Crippen molar-refractivity contribution in [3.63, 3.8) is 0 Å². The molecular formula is C15H12Cl2N2OS. The number of hydrogen-bond acceptors (Lipinski definition) is 3. The minimum absolute atomic E-state index is 0.242. The quantitative estimate of drug-likeness (QED) is 0.815. The predicted octanol–water partition coefficient (Wildman–Crippen LogP) is 3.93. The smallest absolute Gasteiger partial charge is 0.267 e. The summed E-state index contributed by atoms with van der Waals surface area (Å²) in [5.41, 5.74) is 7.44. The minimum Gasteiger partial charge on any atom is -0.320 e. The highest BCUT2D eigenvalue weighted by atomic mass is 35.5. The first-order valence-corrected chi connectivity index (χ1v) is 7.70. The van der Waals surface area contributed by atoms with Crippen molar-refractivity contribution in [1.29, 1.82) is 0 Å². The second-order valence-electron chi connectivity index (χ2n) is 4.21. The first-order chi connectivity index (χ1) is 10.0. The van der Waals surface area contributed by atoms with Crippen LogP contribution in [-0.4, -0.2) is 12.5 Å². The average molecular weight is 339 g/mol. The Labute approximate surface area is 137 Å². The number of nitrogens with one attached hydrogen (secondary N) is 1. The molecule has 0 aliphatic carbocycles. The van der Waals surface area contributed by atoms with E-state index in [1.165, 1.54) is 11.3 Å². The van der Waals surface area contributed by atoms with E-state index in [0.29, 0.717) is 26.2 Å². The summed E-state index contributed by atoms with van der Waals surface area (Å²) in [5.74, 6) is 5.37. The van der Waals surface area contributed by atoms with Crippen LogP contribution in [0.25, 0.3) is 0 Å². The molecule has 0 radical (unpaired) electrons. The highest BCUT2D eigenvalue weighted by molar-refractivity contribution is 7.13. The molecule has 3 nitrogen and oxygen atoms in total. The molecule has 21 heavy (non-hydrogen) atoms. The van der Waals surface area contributed by atoms with Crippen molar-refractivity contribution in [2.24, 2.45) is 5.73 Å². The highest BCUT2D eigenvalue weighted by Crippen LogP contribution is 2.29. The number of nitrogens with two attached hydrogens (primary N) is 1. The Morgan fingerprint density at radius 3 is 2.81 bits per heavy atom. The van der Waals surface area contributed by atoms with Gasteiger partial charge in [-0.25, -0.2) is 0 Å². The molecule has 0 aliphatic rings. The number of benzene rings is 1. The fourth-order valence-electron chi connectivity index (χ4n) is 1.64. The van der Waals surface area contributed by atoms with E-state index in [0.717, 1.165) is 5.56 Å². The van der Waals surface area contributed by atoms with Crippen LogP contribution in [-0.2, 0) is 0 Å². The second kappa shape index (κ2) is 6.97. The maximum atomic E-state index is 12.3. The van der Waals surface area contributed by atoms with Gasteiger partial charge in [0.25, 0.3) is 5.91 Å². The van der Waals surface area contributed by atoms with Gasteiger partial charge in [-0.1, -0.05) is 35.0 Å². The topological polar surface area (TPSA) is 55.1 Å². The van der Waals surface area contributed by atoms with Gasteiger partial charge in [0, 0.05) is 10.6 Å². The monoisotopic (exact) mass is 338 g/mol. The van der Waals surface area contributed by atoms with E-state index in [-0.39, 0.29) is 12.5 Å². The first kappa shape index (κ1) is 15.9. The van der Waals surface area contributed by atoms with E-state index >= 15 is 0 Å². The van der Waals surface area contributed by atoms with E-state index in [1.807, 2.05) is 12.3 Å². The van der Waals surface area contributed by atoms with Gasteiger partial charge in [-0.05, 0) is 36.1 Å². The molecule has 1 aromatic heterocycles. The number of carbonyl (C=O) groups excluding carboxylic acids is 1. The summed E-state index contributed by atoms with van der Waals surface area (Å²) < 4.78 is 0. The van der Waals surface area contributed by atoms with Crippen LogP contribution in [0.15, 0.2) is 23.6 Å². The summed E-state index contributed by atoms with van der Waals surface area (Å²) in [5, 5.41) is 5.61. The van der Waals surface area contributed by atoms with Gasteiger partial charge in [-0.3, -0.25) is 4.79 Å². The van der Waals surface area contributed by atoms with Crippen LogP contribution in [0.2, 0.25) is 10.0 Å². The third kappa shape index (κ3) is 3.78. The van der Waals surface area contributed by atoms with Crippen LogP contribution in [0.1, 0.15) is 20.8 Å². The molecule has 0 saturated carbocycles. The van der Waals surface area contributed by atoms with E-state index < -0.39 is 0 Å². The summed E-state index contributed by atoms with van der Waals surface area (Å²) in [6.07, 6.45) is 0. The minimum atomic E-state index is -0.281. The molecule has 0 unspecified atom stereocenters. The number of amides is 1. The Morgan fingerprint density at radius 1 is 1.43 bits per heavy atom. The third-order valence-corrected chi connectivity index (χ3v) is 4.59. The molecule has 108 valence electrons. The van der Waals surface area contributed by atoms with Crippen molar-refractivity contribution in [3.8, 4) is 11.8 Å². The number of hydrogen-bond donors (Lipinski definition) is 2. The van der Waals surface area contributed by atoms with Crippen molar-refractivity contribution < 1.29 is 4.79 Å². The lowest BCUT2D eigenvalue weighted by molar-refractivity contribution is 0.103. The molecule has 0 bridgehead atoms. The van der Waals surface area contributed by atoms with Crippen LogP contribution in [0.4, 0.5) is 5.69 Å². The Bertz CT molecular complexity index is 744. The number of rotatable bonds is 2. The zero-order valence-electron chi connectivity index (χ0n) is 11.2. The van der Waals surface area contributed by atoms with Gasteiger partial charge in [0.15, 0.2) is 0 Å². The molecule has 0 aliphatic heterocycles. The lowest BCUT2D eigenvalue weighted by Gasteiger charge is -2.07. The summed E-state index contributed by atoms with van der Waals surface area (Å²) in [4.78, 5) is 12.7. The summed E-state index contributed by atoms with van der Waals surface area (Å²) >= 11 is 13.4. The van der Waals surface area contributed by atoms with E-state index in [1.54, 1.807) is 18.2 Å². The maximum Gasteiger partial charge on any atom is 0.267 e. The normalized spacial score (nSPS) is 9.90. The second-order valence-corrected chi connectivity index (χ2v) is 5.91. The lowest BCUT2D eigenvalue weighted by Crippen LogP contribution is -2.12. The molecule has 1 aromatic carbocycles. The van der Waals surface area contributed by atoms with Crippen molar-refractivity contribution in [1.82, 2.24) is 0 Å². The SMILES string of the molecule is Cc1csc(C(=O)Nc2cc(Cl)ccc2C#CCN)c1Cl. The van der Waals surface area contributed by atoms with Gasteiger partial charge >= 0.3 is 0 Å². The Kier molecular flexibility index (Phi) is 5.27. The van der Waals surface area contributed by atoms with Gasteiger partial charge in [-0.2, -0.15) is 0 Å². The Hall–Kier alpha value is -1.51. The molecule has 1 amide bonds. The largest absolute Gasteiger partial charge is 0.320 e. The van der Waals surface area contributed by atoms with Gasteiger partial charge < -0.3 is 11.1 Å². The summed E-state index contributed by atoms with van der Waals surface area (Å²) in [7, 11) is 0. The van der Waals surface area contributed by atoms with E-state index in [9.17, 15) is 4.79 Å². The number of anilines is 1. The van der Waals surface area contributed by atoms with Crippen molar-refractivity contribution in [3.05, 3.63) is 49.6 Å². The number of carbonyl (C=O) groups is 1. The van der Waals surface area contributed by atoms with Crippen molar-refractivity contribution in [2.75, 3.05) is 11.9 Å². The zero-order chi connectivity index (χ0) is 15.4. The van der Waals surface area contributed by atoms with E-state index in [2.05, 4.69) is 17.2 Å². The molecule has 6 heteroatoms. The summed E-state index contributed by atoms with van der Waals surface area (Å²) in [6, 6.07) is 5.09. The maximum absolute atomic E-state index is 12.3. The van der Waals surface area contributed by atoms with Gasteiger partial charge in [0.05, 0.1) is 17.3 Å². The van der Waals surface area contributed by atoms with E-state index in [4.69, 9.17) is 28.9 Å². The Morgan fingerprint density at radius 2 is 2.19 bits per heavy atom. The molecule has 2 aromatic rings. The van der Waals surface area contributed by atoms with Crippen molar-refractivity contribution >= 4 is 46.1 Å².